The number of aromatic amines is 1. The van der Waals surface area contributed by atoms with E-state index in [-0.39, 0.29) is 0 Å². The van der Waals surface area contributed by atoms with Gasteiger partial charge >= 0.3 is 0 Å². The third-order valence-corrected chi connectivity index (χ3v) is 4.14. The normalized spacial score (nSPS) is 17.1. The maximum atomic E-state index is 11.4. The van der Waals surface area contributed by atoms with E-state index in [1.165, 1.54) is 16.7 Å². The zero-order chi connectivity index (χ0) is 15.4. The first-order chi connectivity index (χ1) is 10.7. The molecule has 1 fully saturated rings. The van der Waals surface area contributed by atoms with Gasteiger partial charge in [-0.3, -0.25) is 10.1 Å². The van der Waals surface area contributed by atoms with Gasteiger partial charge in [0.05, 0.1) is 6.42 Å². The lowest BCUT2D eigenvalue weighted by Crippen LogP contribution is -2.75. The van der Waals surface area contributed by atoms with Crippen molar-refractivity contribution in [2.45, 2.75) is 32.6 Å². The standard InChI is InChI=1S/C18H21N3O/c1-13-11-18(21-17-8-3-2-7-16(13)17)20-10-9-19-14-5-4-6-15(22)12-14/h2-3,7-8,11H,4-6,9-10,12H2,1H3,(H,20,21)/p+2. The molecule has 0 spiro atoms. The maximum Gasteiger partial charge on any atom is 0.273 e. The fraction of sp³-hybridized carbons (Fsp3) is 0.389. The Balaban J connectivity index is 1.60. The monoisotopic (exact) mass is 297 g/mol. The molecule has 1 aliphatic carbocycles. The van der Waals surface area contributed by atoms with Gasteiger partial charge in [0.15, 0.2) is 12.3 Å². The Morgan fingerprint density at radius 3 is 3.00 bits per heavy atom. The molecule has 3 N–H and O–H groups in total. The van der Waals surface area contributed by atoms with Crippen LogP contribution in [-0.2, 0) is 4.79 Å². The third-order valence-electron chi connectivity index (χ3n) is 4.14. The Morgan fingerprint density at radius 1 is 1.27 bits per heavy atom. The fourth-order valence-corrected chi connectivity index (χ4v) is 3.01. The van der Waals surface area contributed by atoms with Gasteiger partial charge in [0.1, 0.15) is 17.8 Å². The first-order valence-electron chi connectivity index (χ1n) is 7.98. The van der Waals surface area contributed by atoms with E-state index in [0.717, 1.165) is 43.7 Å². The predicted octanol–water partition coefficient (Wildman–Crippen LogP) is 1.04. The summed E-state index contributed by atoms with van der Waals surface area (Å²) in [4.78, 5) is 18.2. The van der Waals surface area contributed by atoms with Crippen LogP contribution >= 0.6 is 0 Å². The largest absolute Gasteiger partial charge is 0.299 e. The predicted molar refractivity (Wildman–Crippen MR) is 88.0 cm³/mol. The highest BCUT2D eigenvalue weighted by Crippen LogP contribution is 2.16. The number of anilines is 1. The van der Waals surface area contributed by atoms with E-state index in [1.54, 1.807) is 0 Å². The van der Waals surface area contributed by atoms with Crippen molar-refractivity contribution < 1.29 is 14.8 Å². The Kier molecular flexibility index (Phi) is 4.47. The van der Waals surface area contributed by atoms with Crippen LogP contribution in [-0.4, -0.2) is 24.6 Å². The summed E-state index contributed by atoms with van der Waals surface area (Å²) in [6.07, 6.45) is 3.38. The van der Waals surface area contributed by atoms with Gasteiger partial charge in [0, 0.05) is 24.3 Å². The number of aryl methyl sites for hydroxylation is 1. The number of para-hydroxylation sites is 1. The van der Waals surface area contributed by atoms with E-state index >= 15 is 0 Å². The molecule has 0 saturated heterocycles. The minimum absolute atomic E-state index is 0.361. The summed E-state index contributed by atoms with van der Waals surface area (Å²) in [6, 6.07) is 10.5. The van der Waals surface area contributed by atoms with Crippen molar-refractivity contribution >= 4 is 28.2 Å². The first kappa shape index (κ1) is 14.7. The van der Waals surface area contributed by atoms with E-state index in [1.807, 2.05) is 6.07 Å². The van der Waals surface area contributed by atoms with Crippen molar-refractivity contribution in [3.05, 3.63) is 35.9 Å². The summed E-state index contributed by atoms with van der Waals surface area (Å²) in [7, 11) is 0. The molecule has 0 atom stereocenters. The molecule has 1 aromatic heterocycles. The Bertz CT molecular complexity index is 721. The van der Waals surface area contributed by atoms with Crippen LogP contribution in [0.3, 0.4) is 0 Å². The molecule has 0 bridgehead atoms. The Hall–Kier alpha value is -2.23. The highest BCUT2D eigenvalue weighted by molar-refractivity contribution is 6.01. The number of benzene rings is 1. The van der Waals surface area contributed by atoms with Gasteiger partial charge in [-0.2, -0.15) is 0 Å². The number of fused-ring (bicyclic) bond motifs is 1. The summed E-state index contributed by atoms with van der Waals surface area (Å²) >= 11 is 0. The molecule has 4 nitrogen and oxygen atoms in total. The molecule has 1 saturated carbocycles. The quantitative estimate of drug-likeness (QED) is 0.829. The van der Waals surface area contributed by atoms with Crippen LogP contribution in [0.15, 0.2) is 30.3 Å². The van der Waals surface area contributed by atoms with Crippen molar-refractivity contribution in [1.82, 2.24) is 0 Å². The Labute approximate surface area is 130 Å². The van der Waals surface area contributed by atoms with Crippen LogP contribution < -0.4 is 15.3 Å². The van der Waals surface area contributed by atoms with Gasteiger partial charge in [0.2, 0.25) is 0 Å². The fourth-order valence-electron chi connectivity index (χ4n) is 3.01. The smallest absolute Gasteiger partial charge is 0.273 e. The number of hydrogen-bond donors (Lipinski definition) is 2. The molecule has 4 heteroatoms. The molecule has 0 radical (unpaired) electrons. The lowest BCUT2D eigenvalue weighted by Gasteiger charge is -2.06. The second-order valence-electron chi connectivity index (χ2n) is 5.94. The molecule has 0 aliphatic heterocycles. The Morgan fingerprint density at radius 2 is 2.14 bits per heavy atom. The van der Waals surface area contributed by atoms with E-state index in [2.05, 4.69) is 46.5 Å². The molecule has 114 valence electrons. The van der Waals surface area contributed by atoms with Gasteiger partial charge in [-0.1, -0.05) is 18.2 Å². The molecular formula is C18H23N3O+2. The van der Waals surface area contributed by atoms with Gasteiger partial charge in [-0.05, 0) is 25.0 Å². The van der Waals surface area contributed by atoms with Crippen LogP contribution in [0.2, 0.25) is 0 Å². The number of Topliss-reactive ketones (excluding diaryl/α,β-unsaturated/α-hetero) is 1. The zero-order valence-corrected chi connectivity index (χ0v) is 13.0. The second-order valence-corrected chi connectivity index (χ2v) is 5.94. The number of ketones is 1. The first-order valence-corrected chi connectivity index (χ1v) is 7.98. The third kappa shape index (κ3) is 3.50. The number of pyridine rings is 1. The lowest BCUT2D eigenvalue weighted by atomic mass is 9.97. The molecule has 0 unspecified atom stereocenters. The van der Waals surface area contributed by atoms with Crippen LogP contribution in [0.1, 0.15) is 31.2 Å². The molecule has 2 aromatic rings. The van der Waals surface area contributed by atoms with Gasteiger partial charge in [0.25, 0.3) is 5.82 Å². The molecule has 1 heterocycles. The maximum absolute atomic E-state index is 11.4. The van der Waals surface area contributed by atoms with E-state index in [4.69, 9.17) is 0 Å². The van der Waals surface area contributed by atoms with E-state index in [0.29, 0.717) is 12.2 Å². The van der Waals surface area contributed by atoms with Crippen LogP contribution in [0.5, 0.6) is 0 Å². The number of rotatable bonds is 4. The van der Waals surface area contributed by atoms with Crippen LogP contribution in [0.25, 0.3) is 10.9 Å². The van der Waals surface area contributed by atoms with Gasteiger partial charge in [-0.15, -0.1) is 0 Å². The summed E-state index contributed by atoms with van der Waals surface area (Å²) < 4.78 is 0. The molecule has 22 heavy (non-hydrogen) atoms. The molecule has 0 amide bonds. The summed E-state index contributed by atoms with van der Waals surface area (Å²) in [5, 5.41) is 4.66. The van der Waals surface area contributed by atoms with Crippen LogP contribution in [0.4, 0.5) is 5.82 Å². The zero-order valence-electron chi connectivity index (χ0n) is 13.0. The lowest BCUT2D eigenvalue weighted by molar-refractivity contribution is -0.456. The highest BCUT2D eigenvalue weighted by atomic mass is 16.1. The van der Waals surface area contributed by atoms with Crippen molar-refractivity contribution in [3.8, 4) is 0 Å². The molecular weight excluding hydrogens is 274 g/mol. The highest BCUT2D eigenvalue weighted by Gasteiger charge is 2.18. The summed E-state index contributed by atoms with van der Waals surface area (Å²) in [5.74, 6) is 1.39. The summed E-state index contributed by atoms with van der Waals surface area (Å²) in [5.41, 5.74) is 3.60. The molecule has 1 aliphatic rings. The van der Waals surface area contributed by atoms with E-state index < -0.39 is 0 Å². The van der Waals surface area contributed by atoms with Crippen molar-refractivity contribution in [2.75, 3.05) is 18.4 Å². The average Bonchev–Trinajstić information content (AvgIpc) is 2.52. The average molecular weight is 297 g/mol. The minimum atomic E-state index is 0.361. The topological polar surface area (TPSA) is 57.2 Å². The van der Waals surface area contributed by atoms with Crippen LogP contribution in [0, 0.1) is 6.92 Å². The van der Waals surface area contributed by atoms with Crippen molar-refractivity contribution in [1.29, 1.82) is 0 Å². The second kappa shape index (κ2) is 6.69. The summed E-state index contributed by atoms with van der Waals surface area (Å²) in [6.45, 7) is 3.79. The van der Waals surface area contributed by atoms with Gasteiger partial charge in [-0.25, -0.2) is 9.98 Å². The number of carbonyl (C=O) groups excluding carboxylic acids is 1. The van der Waals surface area contributed by atoms with Gasteiger partial charge < -0.3 is 0 Å². The van der Waals surface area contributed by atoms with Crippen molar-refractivity contribution in [3.63, 3.8) is 0 Å². The van der Waals surface area contributed by atoms with Crippen molar-refractivity contribution in [2.24, 2.45) is 0 Å². The molecule has 3 rings (SSSR count). The molecule has 1 aromatic carbocycles. The number of H-pyrrole nitrogens is 1. The SMILES string of the molecule is Cc1cc(NCC[NH+]=C2CCCC(=O)C2)[nH+]c2ccccc12. The number of nitrogens with one attached hydrogen (secondary N) is 3. The number of hydrogen-bond acceptors (Lipinski definition) is 2. The number of aromatic nitrogens is 1. The minimum Gasteiger partial charge on any atom is -0.299 e. The van der Waals surface area contributed by atoms with E-state index in [9.17, 15) is 4.79 Å². The number of carbonyl (C=O) groups is 1.